The van der Waals surface area contributed by atoms with Crippen LogP contribution in [0, 0.1) is 11.8 Å². The third kappa shape index (κ3) is 9.20. The number of amides is 2. The van der Waals surface area contributed by atoms with Gasteiger partial charge in [0.15, 0.2) is 0 Å². The van der Waals surface area contributed by atoms with Gasteiger partial charge in [-0.2, -0.15) is 26.3 Å². The molecular weight excluding hydrogens is 586 g/mol. The van der Waals surface area contributed by atoms with Gasteiger partial charge in [0.05, 0.1) is 24.6 Å². The van der Waals surface area contributed by atoms with Crippen molar-refractivity contribution in [1.82, 2.24) is 20.1 Å². The van der Waals surface area contributed by atoms with Crippen LogP contribution in [0.2, 0.25) is 0 Å². The van der Waals surface area contributed by atoms with Crippen LogP contribution in [0.1, 0.15) is 30.8 Å². The lowest BCUT2D eigenvalue weighted by molar-refractivity contribution is -0.193. The van der Waals surface area contributed by atoms with Crippen molar-refractivity contribution in [3.8, 4) is 0 Å². The van der Waals surface area contributed by atoms with Crippen molar-refractivity contribution in [2.45, 2.75) is 38.7 Å². The first kappa shape index (κ1) is 33.9. The third-order valence-electron chi connectivity index (χ3n) is 6.80. The lowest BCUT2D eigenvalue weighted by atomic mass is 9.92. The van der Waals surface area contributed by atoms with Gasteiger partial charge in [0.25, 0.3) is 5.91 Å². The molecule has 43 heavy (non-hydrogen) atoms. The first-order valence-electron chi connectivity index (χ1n) is 13.6. The molecule has 236 valence electrons. The van der Waals surface area contributed by atoms with E-state index >= 15 is 0 Å². The number of piperidine rings is 1. The maximum atomic E-state index is 13.5. The molecule has 0 aliphatic carbocycles. The quantitative estimate of drug-likeness (QED) is 0.391. The van der Waals surface area contributed by atoms with Crippen LogP contribution < -0.4 is 5.32 Å². The van der Waals surface area contributed by atoms with Gasteiger partial charge in [-0.15, -0.1) is 0 Å². The molecule has 2 amide bonds. The zero-order valence-corrected chi connectivity index (χ0v) is 23.5. The number of halogens is 6. The zero-order chi connectivity index (χ0) is 31.9. The van der Waals surface area contributed by atoms with E-state index in [1.54, 1.807) is 0 Å². The first-order chi connectivity index (χ1) is 20.1. The van der Waals surface area contributed by atoms with Crippen LogP contribution in [-0.4, -0.2) is 102 Å². The van der Waals surface area contributed by atoms with Crippen LogP contribution in [0.15, 0.2) is 36.4 Å². The van der Waals surface area contributed by atoms with Crippen molar-refractivity contribution >= 4 is 34.3 Å². The molecule has 3 heterocycles. The lowest BCUT2D eigenvalue weighted by Gasteiger charge is -2.40. The number of alkyl halides is 6. The first-order valence-corrected chi connectivity index (χ1v) is 13.6. The number of fused-ring (bicyclic) bond motifs is 1. The number of ketones is 2. The number of Topliss-reactive ketones (excluding diaryl/α,β-unsaturated/α-hetero) is 2. The van der Waals surface area contributed by atoms with E-state index in [-0.39, 0.29) is 23.8 Å². The van der Waals surface area contributed by atoms with Gasteiger partial charge in [0, 0.05) is 44.2 Å². The number of morpholine rings is 1. The standard InChI is InChI=1S/C24H32N4O3.C4F6O2/c1-17(2)16-28(24(30)22-8-7-18-5-3-4-6-21(18)26-22)20-13-19(14-25-15-20)23(29)27-9-11-31-12-10-27;5-3(6,7)1(11)2(12)4(8,9)10/h3-8,17,19-20,25H,9-16H2,1-2H3;/t19-,20+;/m1./s1. The number of nitrogens with zero attached hydrogens (tertiary/aromatic N) is 3. The molecule has 0 bridgehead atoms. The molecule has 0 spiro atoms. The largest absolute Gasteiger partial charge is 0.458 e. The smallest absolute Gasteiger partial charge is 0.378 e. The Labute approximate surface area is 243 Å². The van der Waals surface area contributed by atoms with Crippen LogP contribution in [0.3, 0.4) is 0 Å². The number of nitrogens with one attached hydrogen (secondary N) is 1. The highest BCUT2D eigenvalue weighted by Gasteiger charge is 2.54. The summed E-state index contributed by atoms with van der Waals surface area (Å²) in [4.78, 5) is 54.3. The average molecular weight is 619 g/mol. The summed E-state index contributed by atoms with van der Waals surface area (Å²) in [5.41, 5.74) is 1.28. The average Bonchev–Trinajstić information content (AvgIpc) is 2.98. The van der Waals surface area contributed by atoms with Crippen molar-refractivity contribution in [3.05, 3.63) is 42.1 Å². The maximum absolute atomic E-state index is 13.5. The maximum Gasteiger partial charge on any atom is 0.458 e. The van der Waals surface area contributed by atoms with Gasteiger partial charge in [-0.3, -0.25) is 19.2 Å². The fourth-order valence-corrected chi connectivity index (χ4v) is 4.77. The molecule has 0 saturated carbocycles. The van der Waals surface area contributed by atoms with Crippen molar-refractivity contribution in [1.29, 1.82) is 0 Å². The predicted octanol–water partition coefficient (Wildman–Crippen LogP) is 3.42. The Bertz CT molecular complexity index is 1290. The minimum atomic E-state index is -5.77. The summed E-state index contributed by atoms with van der Waals surface area (Å²) >= 11 is 0. The highest BCUT2D eigenvalue weighted by Crippen LogP contribution is 2.25. The molecule has 9 nitrogen and oxygen atoms in total. The van der Waals surface area contributed by atoms with E-state index in [9.17, 15) is 45.5 Å². The lowest BCUT2D eigenvalue weighted by Crippen LogP contribution is -2.56. The molecule has 2 saturated heterocycles. The number of ether oxygens (including phenoxy) is 1. The van der Waals surface area contributed by atoms with Crippen molar-refractivity contribution in [2.75, 3.05) is 45.9 Å². The van der Waals surface area contributed by atoms with Crippen molar-refractivity contribution < 1.29 is 50.3 Å². The van der Waals surface area contributed by atoms with E-state index in [1.807, 2.05) is 46.2 Å². The second kappa shape index (κ2) is 14.3. The number of rotatable bonds is 6. The number of carbonyl (C=O) groups excluding carboxylic acids is 4. The third-order valence-corrected chi connectivity index (χ3v) is 6.80. The SMILES string of the molecule is CC(C)CN(C(=O)c1ccc2ccccc2n1)[C@@H]1CNC[C@H](C(=O)N2CCOCC2)C1.O=C(C(=O)C(F)(F)F)C(F)(F)F. The van der Waals surface area contributed by atoms with Crippen LogP contribution in [-0.2, 0) is 19.1 Å². The molecular formula is C28H32F6N4O5. The van der Waals surface area contributed by atoms with Crippen LogP contribution in [0.25, 0.3) is 10.9 Å². The fraction of sp³-hybridized carbons (Fsp3) is 0.536. The second-order valence-electron chi connectivity index (χ2n) is 10.6. The van der Waals surface area contributed by atoms with Crippen LogP contribution in [0.5, 0.6) is 0 Å². The topological polar surface area (TPSA) is 109 Å². The van der Waals surface area contributed by atoms with Gasteiger partial charge >= 0.3 is 23.9 Å². The van der Waals surface area contributed by atoms with Gasteiger partial charge in [-0.25, -0.2) is 4.98 Å². The number of aromatic nitrogens is 1. The Morgan fingerprint density at radius 3 is 2.14 bits per heavy atom. The molecule has 1 aromatic heterocycles. The highest BCUT2D eigenvalue weighted by molar-refractivity contribution is 6.41. The van der Waals surface area contributed by atoms with E-state index in [0.29, 0.717) is 64.0 Å². The molecule has 1 N–H and O–H groups in total. The van der Waals surface area contributed by atoms with Crippen molar-refractivity contribution in [3.63, 3.8) is 0 Å². The molecule has 4 rings (SSSR count). The number of para-hydroxylation sites is 1. The van der Waals surface area contributed by atoms with Crippen LogP contribution >= 0.6 is 0 Å². The molecule has 2 aliphatic heterocycles. The summed E-state index contributed by atoms with van der Waals surface area (Å²) in [5, 5.41) is 4.42. The summed E-state index contributed by atoms with van der Waals surface area (Å²) < 4.78 is 72.3. The van der Waals surface area contributed by atoms with E-state index in [2.05, 4.69) is 24.1 Å². The minimum Gasteiger partial charge on any atom is -0.378 e. The minimum absolute atomic E-state index is 0.0353. The summed E-state index contributed by atoms with van der Waals surface area (Å²) in [5.74, 6) is -6.51. The number of hydrogen-bond acceptors (Lipinski definition) is 7. The Balaban J connectivity index is 0.000000359. The summed E-state index contributed by atoms with van der Waals surface area (Å²) in [6, 6.07) is 11.6. The molecule has 2 aromatic rings. The van der Waals surface area contributed by atoms with Gasteiger partial charge in [0.2, 0.25) is 5.91 Å². The predicted molar refractivity (Wildman–Crippen MR) is 142 cm³/mol. The Hall–Kier alpha value is -3.59. The second-order valence-corrected chi connectivity index (χ2v) is 10.6. The molecule has 2 fully saturated rings. The number of hydrogen-bond donors (Lipinski definition) is 1. The number of carbonyl (C=O) groups is 4. The van der Waals surface area contributed by atoms with Gasteiger partial charge in [0.1, 0.15) is 5.69 Å². The molecule has 1 aromatic carbocycles. The van der Waals surface area contributed by atoms with Crippen LogP contribution in [0.4, 0.5) is 26.3 Å². The highest BCUT2D eigenvalue weighted by atomic mass is 19.4. The summed E-state index contributed by atoms with van der Waals surface area (Å²) in [7, 11) is 0. The monoisotopic (exact) mass is 618 g/mol. The normalized spacial score (nSPS) is 19.4. The Kier molecular flexibility index (Phi) is 11.2. The zero-order valence-electron chi connectivity index (χ0n) is 23.5. The van der Waals surface area contributed by atoms with E-state index < -0.39 is 23.9 Å². The fourth-order valence-electron chi connectivity index (χ4n) is 4.77. The summed E-state index contributed by atoms with van der Waals surface area (Å²) in [6.07, 6.45) is -10.9. The van der Waals surface area contributed by atoms with Crippen molar-refractivity contribution in [2.24, 2.45) is 11.8 Å². The van der Waals surface area contributed by atoms with E-state index in [1.165, 1.54) is 0 Å². The molecule has 2 aliphatic rings. The Morgan fingerprint density at radius 1 is 0.953 bits per heavy atom. The molecule has 2 atom stereocenters. The molecule has 0 unspecified atom stereocenters. The molecule has 0 radical (unpaired) electrons. The van der Waals surface area contributed by atoms with Gasteiger partial charge < -0.3 is 19.9 Å². The van der Waals surface area contributed by atoms with E-state index in [4.69, 9.17) is 4.74 Å². The molecule has 15 heteroatoms. The number of benzene rings is 1. The van der Waals surface area contributed by atoms with Gasteiger partial charge in [-0.05, 0) is 24.5 Å². The number of pyridine rings is 1. The van der Waals surface area contributed by atoms with Gasteiger partial charge in [-0.1, -0.05) is 38.1 Å². The van der Waals surface area contributed by atoms with E-state index in [0.717, 1.165) is 10.9 Å². The summed E-state index contributed by atoms with van der Waals surface area (Å²) in [6.45, 7) is 8.70. The Morgan fingerprint density at radius 2 is 1.56 bits per heavy atom.